The van der Waals surface area contributed by atoms with Crippen LogP contribution in [0.2, 0.25) is 0 Å². The van der Waals surface area contributed by atoms with Crippen molar-refractivity contribution in [3.8, 4) is 0 Å². The topological polar surface area (TPSA) is 30.9 Å². The number of thioether (sulfide) groups is 1. The van der Waals surface area contributed by atoms with Crippen LogP contribution in [0.15, 0.2) is 30.5 Å². The van der Waals surface area contributed by atoms with Crippen molar-refractivity contribution in [2.75, 3.05) is 12.0 Å². The van der Waals surface area contributed by atoms with E-state index in [1.807, 2.05) is 11.8 Å². The Kier molecular flexibility index (Phi) is 4.72. The lowest BCUT2D eigenvalue weighted by atomic mass is 10.1. The molecule has 0 amide bonds. The normalized spacial score (nSPS) is 13.1. The van der Waals surface area contributed by atoms with Crippen molar-refractivity contribution in [3.63, 3.8) is 0 Å². The quantitative estimate of drug-likeness (QED) is 0.810. The fraction of sp³-hybridized carbons (Fsp3) is 0.467. The third-order valence-corrected chi connectivity index (χ3v) is 3.84. The molecule has 0 aliphatic rings. The minimum absolute atomic E-state index is 0.224. The average molecular weight is 262 g/mol. The highest BCUT2D eigenvalue weighted by atomic mass is 32.2. The Labute approximate surface area is 114 Å². The van der Waals surface area contributed by atoms with Gasteiger partial charge in [0.05, 0.1) is 0 Å². The van der Waals surface area contributed by atoms with Crippen molar-refractivity contribution >= 4 is 22.7 Å². The molecule has 0 bridgehead atoms. The van der Waals surface area contributed by atoms with Gasteiger partial charge in [0.1, 0.15) is 0 Å². The first kappa shape index (κ1) is 13.5. The fourth-order valence-corrected chi connectivity index (χ4v) is 2.72. The first-order valence-electron chi connectivity index (χ1n) is 6.53. The molecule has 0 saturated carbocycles. The van der Waals surface area contributed by atoms with E-state index in [1.54, 1.807) is 0 Å². The van der Waals surface area contributed by atoms with Crippen molar-refractivity contribution in [1.82, 2.24) is 4.57 Å². The van der Waals surface area contributed by atoms with Crippen LogP contribution in [0.3, 0.4) is 0 Å². The van der Waals surface area contributed by atoms with Crippen LogP contribution in [0.25, 0.3) is 10.9 Å². The zero-order valence-electron chi connectivity index (χ0n) is 11.2. The largest absolute Gasteiger partial charge is 0.347 e. The minimum atomic E-state index is 0.224. The predicted octanol–water partition coefficient (Wildman–Crippen LogP) is 3.28. The van der Waals surface area contributed by atoms with Crippen molar-refractivity contribution < 1.29 is 0 Å². The monoisotopic (exact) mass is 262 g/mol. The van der Waals surface area contributed by atoms with Crippen LogP contribution in [0.1, 0.15) is 18.9 Å². The van der Waals surface area contributed by atoms with Crippen LogP contribution >= 0.6 is 11.8 Å². The second kappa shape index (κ2) is 6.30. The Morgan fingerprint density at radius 3 is 2.89 bits per heavy atom. The number of hydrogen-bond donors (Lipinski definition) is 1. The zero-order valence-corrected chi connectivity index (χ0v) is 12.0. The summed E-state index contributed by atoms with van der Waals surface area (Å²) in [5.41, 5.74) is 8.55. The molecule has 1 unspecified atom stereocenters. The molecule has 0 aliphatic carbocycles. The van der Waals surface area contributed by atoms with Gasteiger partial charge >= 0.3 is 0 Å². The van der Waals surface area contributed by atoms with Crippen LogP contribution in [-0.2, 0) is 13.0 Å². The van der Waals surface area contributed by atoms with Crippen molar-refractivity contribution in [1.29, 1.82) is 0 Å². The average Bonchev–Trinajstić information content (AvgIpc) is 2.72. The van der Waals surface area contributed by atoms with Gasteiger partial charge in [0, 0.05) is 24.3 Å². The van der Waals surface area contributed by atoms with E-state index in [4.69, 9.17) is 5.73 Å². The molecule has 18 heavy (non-hydrogen) atoms. The number of benzene rings is 1. The van der Waals surface area contributed by atoms with Gasteiger partial charge in [-0.15, -0.1) is 0 Å². The smallest absolute Gasteiger partial charge is 0.0483 e. The van der Waals surface area contributed by atoms with Crippen LogP contribution < -0.4 is 5.73 Å². The Balaban J connectivity index is 2.20. The van der Waals surface area contributed by atoms with Crippen molar-refractivity contribution in [2.24, 2.45) is 5.73 Å². The van der Waals surface area contributed by atoms with E-state index in [0.717, 1.165) is 13.0 Å². The molecule has 98 valence electrons. The van der Waals surface area contributed by atoms with Crippen molar-refractivity contribution in [3.05, 3.63) is 36.0 Å². The second-order valence-electron chi connectivity index (χ2n) is 4.93. The van der Waals surface area contributed by atoms with Gasteiger partial charge < -0.3 is 10.3 Å². The molecule has 0 fully saturated rings. The Bertz CT molecular complexity index is 502. The van der Waals surface area contributed by atoms with Gasteiger partial charge in [-0.25, -0.2) is 0 Å². The molecule has 0 aliphatic heterocycles. The van der Waals surface area contributed by atoms with Gasteiger partial charge in [-0.1, -0.05) is 12.1 Å². The predicted molar refractivity (Wildman–Crippen MR) is 82.3 cm³/mol. The summed E-state index contributed by atoms with van der Waals surface area (Å²) in [4.78, 5) is 0. The highest BCUT2D eigenvalue weighted by molar-refractivity contribution is 7.98. The molecular formula is C15H22N2S. The van der Waals surface area contributed by atoms with Gasteiger partial charge in [0.25, 0.3) is 0 Å². The van der Waals surface area contributed by atoms with Gasteiger partial charge in [-0.2, -0.15) is 11.8 Å². The SMILES string of the molecule is CSCCCn1ccc2ccc(CC(C)N)cc21. The number of aromatic nitrogens is 1. The first-order chi connectivity index (χ1) is 8.70. The second-order valence-corrected chi connectivity index (χ2v) is 5.92. The van der Waals surface area contributed by atoms with Crippen LogP contribution in [0.4, 0.5) is 0 Å². The molecule has 1 aromatic heterocycles. The molecule has 2 rings (SSSR count). The molecule has 1 heterocycles. The molecule has 2 nitrogen and oxygen atoms in total. The molecule has 1 atom stereocenters. The number of nitrogens with two attached hydrogens (primary N) is 1. The van der Waals surface area contributed by atoms with E-state index in [-0.39, 0.29) is 6.04 Å². The Hall–Kier alpha value is -0.930. The van der Waals surface area contributed by atoms with E-state index >= 15 is 0 Å². The maximum Gasteiger partial charge on any atom is 0.0483 e. The van der Waals surface area contributed by atoms with Gasteiger partial charge in [-0.05, 0) is 54.9 Å². The van der Waals surface area contributed by atoms with Crippen LogP contribution in [0.5, 0.6) is 0 Å². The minimum Gasteiger partial charge on any atom is -0.347 e. The molecule has 0 saturated heterocycles. The molecule has 0 radical (unpaired) electrons. The van der Waals surface area contributed by atoms with E-state index in [0.29, 0.717) is 0 Å². The number of nitrogens with zero attached hydrogens (tertiary/aromatic N) is 1. The highest BCUT2D eigenvalue weighted by Crippen LogP contribution is 2.19. The maximum atomic E-state index is 5.87. The number of aryl methyl sites for hydroxylation is 1. The van der Waals surface area contributed by atoms with Crippen LogP contribution in [-0.4, -0.2) is 22.6 Å². The number of rotatable bonds is 6. The maximum absolute atomic E-state index is 5.87. The molecule has 2 aromatic rings. The lowest BCUT2D eigenvalue weighted by molar-refractivity contribution is 0.707. The molecule has 2 N–H and O–H groups in total. The Morgan fingerprint density at radius 2 is 2.17 bits per heavy atom. The summed E-state index contributed by atoms with van der Waals surface area (Å²) in [7, 11) is 0. The summed E-state index contributed by atoms with van der Waals surface area (Å²) in [5.74, 6) is 1.22. The summed E-state index contributed by atoms with van der Waals surface area (Å²) in [5, 5.41) is 1.33. The molecule has 3 heteroatoms. The third kappa shape index (κ3) is 3.30. The van der Waals surface area contributed by atoms with Crippen LogP contribution in [0, 0.1) is 0 Å². The molecule has 1 aromatic carbocycles. The number of fused-ring (bicyclic) bond motifs is 1. The summed E-state index contributed by atoms with van der Waals surface area (Å²) < 4.78 is 2.36. The van der Waals surface area contributed by atoms with Gasteiger partial charge in [0.15, 0.2) is 0 Å². The lowest BCUT2D eigenvalue weighted by Gasteiger charge is -2.08. The highest BCUT2D eigenvalue weighted by Gasteiger charge is 2.04. The fourth-order valence-electron chi connectivity index (χ4n) is 2.30. The molecule has 0 spiro atoms. The van der Waals surface area contributed by atoms with Gasteiger partial charge in [-0.3, -0.25) is 0 Å². The first-order valence-corrected chi connectivity index (χ1v) is 7.92. The third-order valence-electron chi connectivity index (χ3n) is 3.14. The van der Waals surface area contributed by atoms with E-state index < -0.39 is 0 Å². The van der Waals surface area contributed by atoms with E-state index in [2.05, 4.69) is 48.2 Å². The van der Waals surface area contributed by atoms with E-state index in [1.165, 1.54) is 28.6 Å². The van der Waals surface area contributed by atoms with E-state index in [9.17, 15) is 0 Å². The lowest BCUT2D eigenvalue weighted by Crippen LogP contribution is -2.17. The van der Waals surface area contributed by atoms with Crippen molar-refractivity contribution in [2.45, 2.75) is 32.4 Å². The summed E-state index contributed by atoms with van der Waals surface area (Å²) >= 11 is 1.91. The zero-order chi connectivity index (χ0) is 13.0. The summed E-state index contributed by atoms with van der Waals surface area (Å²) in [6.07, 6.45) is 6.53. The summed E-state index contributed by atoms with van der Waals surface area (Å²) in [6.45, 7) is 3.16. The number of hydrogen-bond acceptors (Lipinski definition) is 2. The van der Waals surface area contributed by atoms with Gasteiger partial charge in [0.2, 0.25) is 0 Å². The summed E-state index contributed by atoms with van der Waals surface area (Å²) in [6, 6.07) is 9.11. The molecular weight excluding hydrogens is 240 g/mol. The standard InChI is InChI=1S/C15H22N2S/c1-12(16)10-13-4-5-14-6-8-17(15(14)11-13)7-3-9-18-2/h4-6,8,11-12H,3,7,9-10,16H2,1-2H3. The Morgan fingerprint density at radius 1 is 1.33 bits per heavy atom.